The van der Waals surface area contributed by atoms with E-state index in [-0.39, 0.29) is 23.3 Å². The Morgan fingerprint density at radius 3 is 2.15 bits per heavy atom. The van der Waals surface area contributed by atoms with Crippen LogP contribution in [-0.4, -0.2) is 44.3 Å². The second-order valence-electron chi connectivity index (χ2n) is 9.88. The summed E-state index contributed by atoms with van der Waals surface area (Å²) in [6, 6.07) is 16.5. The summed E-state index contributed by atoms with van der Waals surface area (Å²) < 4.78 is 28.7. The molecule has 0 aliphatic carbocycles. The van der Waals surface area contributed by atoms with Crippen LogP contribution in [0, 0.1) is 12.8 Å². The van der Waals surface area contributed by atoms with Gasteiger partial charge in [0.15, 0.2) is 0 Å². The number of anilines is 1. The van der Waals surface area contributed by atoms with Crippen LogP contribution in [0.3, 0.4) is 0 Å². The molecule has 0 heterocycles. The maximum Gasteiger partial charge on any atom is 0.264 e. The van der Waals surface area contributed by atoms with Crippen molar-refractivity contribution in [2.45, 2.75) is 45.2 Å². The Hall–Kier alpha value is -2.78. The number of hydrogen-bond acceptors (Lipinski definition) is 4. The summed E-state index contributed by atoms with van der Waals surface area (Å²) in [4.78, 5) is 28.3. The molecule has 0 aliphatic rings. The van der Waals surface area contributed by atoms with Gasteiger partial charge in [0.25, 0.3) is 10.0 Å². The van der Waals surface area contributed by atoms with Gasteiger partial charge in [-0.25, -0.2) is 8.42 Å². The van der Waals surface area contributed by atoms with Crippen LogP contribution in [0.5, 0.6) is 0 Å². The molecule has 3 rings (SSSR count). The molecule has 0 aliphatic heterocycles. The van der Waals surface area contributed by atoms with Gasteiger partial charge >= 0.3 is 0 Å². The van der Waals surface area contributed by atoms with Gasteiger partial charge in [-0.15, -0.1) is 0 Å². The third-order valence-electron chi connectivity index (χ3n) is 6.18. The van der Waals surface area contributed by atoms with Crippen molar-refractivity contribution < 1.29 is 18.0 Å². The van der Waals surface area contributed by atoms with Gasteiger partial charge in [-0.3, -0.25) is 13.9 Å². The zero-order valence-electron chi connectivity index (χ0n) is 22.7. The molecule has 214 valence electrons. The molecule has 0 saturated carbocycles. The van der Waals surface area contributed by atoms with Gasteiger partial charge in [-0.2, -0.15) is 0 Å². The van der Waals surface area contributed by atoms with Crippen LogP contribution >= 0.6 is 34.8 Å². The molecule has 1 N–H and O–H groups in total. The van der Waals surface area contributed by atoms with Gasteiger partial charge < -0.3 is 10.2 Å². The minimum atomic E-state index is -4.19. The first kappa shape index (κ1) is 31.7. The molecular weight excluding hydrogens is 593 g/mol. The second kappa shape index (κ2) is 13.7. The lowest BCUT2D eigenvalue weighted by Gasteiger charge is -2.32. The van der Waals surface area contributed by atoms with E-state index in [4.69, 9.17) is 34.8 Å². The van der Waals surface area contributed by atoms with E-state index >= 15 is 0 Å². The summed E-state index contributed by atoms with van der Waals surface area (Å²) in [5.74, 6) is -0.751. The highest BCUT2D eigenvalue weighted by Crippen LogP contribution is 2.27. The molecule has 0 radical (unpaired) electrons. The van der Waals surface area contributed by atoms with E-state index < -0.39 is 28.5 Å². The van der Waals surface area contributed by atoms with Crippen LogP contribution in [0.25, 0.3) is 0 Å². The molecule has 40 heavy (non-hydrogen) atoms. The number of benzene rings is 3. The van der Waals surface area contributed by atoms with Crippen molar-refractivity contribution in [1.29, 1.82) is 0 Å². The third kappa shape index (κ3) is 8.13. The zero-order valence-corrected chi connectivity index (χ0v) is 25.8. The number of nitrogens with zero attached hydrogens (tertiary/aromatic N) is 2. The number of hydrogen-bond donors (Lipinski definition) is 1. The Morgan fingerprint density at radius 2 is 1.55 bits per heavy atom. The predicted octanol–water partition coefficient (Wildman–Crippen LogP) is 6.34. The maximum absolute atomic E-state index is 14.0. The minimum Gasteiger partial charge on any atom is -0.354 e. The topological polar surface area (TPSA) is 86.8 Å². The number of carbonyl (C=O) groups is 2. The second-order valence-corrected chi connectivity index (χ2v) is 13.0. The van der Waals surface area contributed by atoms with Gasteiger partial charge in [0.2, 0.25) is 11.8 Å². The average Bonchev–Trinajstić information content (AvgIpc) is 2.89. The van der Waals surface area contributed by atoms with E-state index in [0.717, 1.165) is 9.87 Å². The molecule has 0 saturated heterocycles. The molecule has 0 aromatic heterocycles. The SMILES string of the molecule is Cc1cccc(N(CC(=O)N(Cc2ccc(Cl)cc2Cl)C(C)C(=O)NCC(C)C)S(=O)(=O)c2ccc(Cl)cc2)c1. The van der Waals surface area contributed by atoms with E-state index in [1.54, 1.807) is 43.3 Å². The first-order valence-electron chi connectivity index (χ1n) is 12.7. The molecule has 11 heteroatoms. The number of carbonyl (C=O) groups excluding carboxylic acids is 2. The van der Waals surface area contributed by atoms with Crippen molar-refractivity contribution in [2.75, 3.05) is 17.4 Å². The van der Waals surface area contributed by atoms with E-state index in [1.807, 2.05) is 26.8 Å². The molecular formula is C29H32Cl3N3O4S. The van der Waals surface area contributed by atoms with E-state index in [1.165, 1.54) is 29.2 Å². The molecule has 0 bridgehead atoms. The van der Waals surface area contributed by atoms with Gasteiger partial charge in [-0.1, -0.05) is 66.8 Å². The highest BCUT2D eigenvalue weighted by Gasteiger charge is 2.33. The summed E-state index contributed by atoms with van der Waals surface area (Å²) in [5, 5.41) is 3.98. The number of halogens is 3. The van der Waals surface area contributed by atoms with Crippen LogP contribution in [0.1, 0.15) is 31.9 Å². The van der Waals surface area contributed by atoms with E-state index in [0.29, 0.717) is 32.9 Å². The number of amides is 2. The summed E-state index contributed by atoms with van der Waals surface area (Å²) in [7, 11) is -4.19. The number of sulfonamides is 1. The number of aryl methyl sites for hydroxylation is 1. The third-order valence-corrected chi connectivity index (χ3v) is 8.80. The fourth-order valence-corrected chi connectivity index (χ4v) is 5.91. The van der Waals surface area contributed by atoms with Crippen molar-refractivity contribution in [3.05, 3.63) is 92.9 Å². The molecule has 1 unspecified atom stereocenters. The molecule has 3 aromatic rings. The Bertz CT molecular complexity index is 1460. The largest absolute Gasteiger partial charge is 0.354 e. The normalized spacial score (nSPS) is 12.2. The molecule has 0 spiro atoms. The highest BCUT2D eigenvalue weighted by molar-refractivity contribution is 7.92. The Labute approximate surface area is 251 Å². The van der Waals surface area contributed by atoms with Gasteiger partial charge in [0.05, 0.1) is 10.6 Å². The van der Waals surface area contributed by atoms with E-state index in [9.17, 15) is 18.0 Å². The summed E-state index contributed by atoms with van der Waals surface area (Å²) >= 11 is 18.5. The fourth-order valence-electron chi connectivity index (χ4n) is 3.91. The van der Waals surface area contributed by atoms with Crippen molar-refractivity contribution >= 4 is 62.3 Å². The van der Waals surface area contributed by atoms with Crippen molar-refractivity contribution in [1.82, 2.24) is 10.2 Å². The summed E-state index contributed by atoms with van der Waals surface area (Å²) in [6.45, 7) is 7.18. The Morgan fingerprint density at radius 1 is 0.900 bits per heavy atom. The highest BCUT2D eigenvalue weighted by atomic mass is 35.5. The Balaban J connectivity index is 2.04. The maximum atomic E-state index is 14.0. The van der Waals surface area contributed by atoms with Crippen LogP contribution in [0.2, 0.25) is 15.1 Å². The smallest absolute Gasteiger partial charge is 0.264 e. The first-order chi connectivity index (χ1) is 18.8. The van der Waals surface area contributed by atoms with Gasteiger partial charge in [0.1, 0.15) is 12.6 Å². The van der Waals surface area contributed by atoms with Gasteiger partial charge in [-0.05, 0) is 79.4 Å². The minimum absolute atomic E-state index is 0.0266. The number of rotatable bonds is 11. The fraction of sp³-hybridized carbons (Fsp3) is 0.310. The van der Waals surface area contributed by atoms with Crippen LogP contribution in [0.4, 0.5) is 5.69 Å². The molecule has 2 amide bonds. The van der Waals surface area contributed by atoms with Crippen molar-refractivity contribution in [3.8, 4) is 0 Å². The first-order valence-corrected chi connectivity index (χ1v) is 15.2. The molecule has 7 nitrogen and oxygen atoms in total. The molecule has 3 aromatic carbocycles. The lowest BCUT2D eigenvalue weighted by atomic mass is 10.1. The lowest BCUT2D eigenvalue weighted by Crippen LogP contribution is -2.51. The quantitative estimate of drug-likeness (QED) is 0.270. The van der Waals surface area contributed by atoms with Crippen molar-refractivity contribution in [2.24, 2.45) is 5.92 Å². The summed E-state index contributed by atoms with van der Waals surface area (Å²) in [5.41, 5.74) is 1.68. The van der Waals surface area contributed by atoms with E-state index in [2.05, 4.69) is 5.32 Å². The predicted molar refractivity (Wildman–Crippen MR) is 161 cm³/mol. The Kier molecular flexibility index (Phi) is 10.9. The van der Waals surface area contributed by atoms with Crippen LogP contribution in [-0.2, 0) is 26.2 Å². The standard InChI is InChI=1S/C29H32Cl3N3O4S/c1-19(2)16-33-29(37)21(4)34(17-22-8-9-24(31)15-27(22)32)28(36)18-35(25-7-5-6-20(3)14-25)40(38,39)26-12-10-23(30)11-13-26/h5-15,19,21H,16-18H2,1-4H3,(H,33,37). The zero-order chi connectivity index (χ0) is 29.6. The molecule has 0 fully saturated rings. The van der Waals surface area contributed by atoms with Crippen molar-refractivity contribution in [3.63, 3.8) is 0 Å². The van der Waals surface area contributed by atoms with Crippen LogP contribution in [0.15, 0.2) is 71.6 Å². The average molecular weight is 625 g/mol. The number of nitrogens with one attached hydrogen (secondary N) is 1. The molecule has 1 atom stereocenters. The lowest BCUT2D eigenvalue weighted by molar-refractivity contribution is -0.139. The van der Waals surface area contributed by atoms with Gasteiger partial charge in [0, 0.05) is 28.2 Å². The monoisotopic (exact) mass is 623 g/mol. The summed E-state index contributed by atoms with van der Waals surface area (Å²) in [6.07, 6.45) is 0. The van der Waals surface area contributed by atoms with Crippen LogP contribution < -0.4 is 9.62 Å².